The van der Waals surface area contributed by atoms with E-state index >= 15 is 0 Å². The first-order valence-electron chi connectivity index (χ1n) is 8.43. The normalized spacial score (nSPS) is 26.3. The van der Waals surface area contributed by atoms with Crippen LogP contribution in [0.2, 0.25) is 0 Å². The smallest absolute Gasteiger partial charge is 0.303 e. The predicted octanol–water partition coefficient (Wildman–Crippen LogP) is 0.582. The van der Waals surface area contributed by atoms with Gasteiger partial charge in [-0.2, -0.15) is 5.26 Å². The first-order valence-corrected chi connectivity index (χ1v) is 8.43. The SMILES string of the molecule is C=C(C#N)C[C@H]1O[C@H](COC(C)=O)[C@H](OC(C)=O)[C@H](OC(C)=O)[C@H]1OC(C)=O. The quantitative estimate of drug-likeness (QED) is 0.340. The van der Waals surface area contributed by atoms with Gasteiger partial charge in [-0.1, -0.05) is 6.58 Å². The van der Waals surface area contributed by atoms with Gasteiger partial charge >= 0.3 is 23.9 Å². The summed E-state index contributed by atoms with van der Waals surface area (Å²) in [5.74, 6) is -2.72. The molecule has 10 nitrogen and oxygen atoms in total. The standard InChI is InChI=1S/C18H23NO9/c1-9(7-19)6-14-16(25-11(3)21)18(27-13(5)23)17(26-12(4)22)15(28-14)8-24-10(2)20/h14-18H,1,6,8H2,2-5H3/t14-,15-,16+,17+,18-/m1/s1. The highest BCUT2D eigenvalue weighted by Gasteiger charge is 2.52. The molecule has 154 valence electrons. The number of hydrogen-bond donors (Lipinski definition) is 0. The Labute approximate surface area is 162 Å². The zero-order valence-corrected chi connectivity index (χ0v) is 16.1. The highest BCUT2D eigenvalue weighted by molar-refractivity contribution is 5.68. The second kappa shape index (κ2) is 10.4. The van der Waals surface area contributed by atoms with E-state index in [0.717, 1.165) is 20.8 Å². The van der Waals surface area contributed by atoms with Crippen molar-refractivity contribution in [3.05, 3.63) is 12.2 Å². The Morgan fingerprint density at radius 2 is 1.32 bits per heavy atom. The fourth-order valence-electron chi connectivity index (χ4n) is 2.77. The van der Waals surface area contributed by atoms with Gasteiger partial charge in [0.25, 0.3) is 0 Å². The third-order valence-electron chi connectivity index (χ3n) is 3.69. The third-order valence-corrected chi connectivity index (χ3v) is 3.69. The van der Waals surface area contributed by atoms with E-state index in [9.17, 15) is 19.2 Å². The van der Waals surface area contributed by atoms with Gasteiger partial charge in [0, 0.05) is 39.7 Å². The summed E-state index contributed by atoms with van der Waals surface area (Å²) in [5, 5.41) is 9.02. The number of rotatable bonds is 7. The molecule has 0 bridgehead atoms. The molecule has 1 fully saturated rings. The summed E-state index contributed by atoms with van der Waals surface area (Å²) >= 11 is 0. The van der Waals surface area contributed by atoms with Crippen LogP contribution in [0.15, 0.2) is 12.2 Å². The van der Waals surface area contributed by atoms with Crippen LogP contribution in [0.1, 0.15) is 34.1 Å². The monoisotopic (exact) mass is 397 g/mol. The van der Waals surface area contributed by atoms with E-state index < -0.39 is 54.4 Å². The Morgan fingerprint density at radius 3 is 1.75 bits per heavy atom. The molecule has 0 radical (unpaired) electrons. The molecule has 0 aromatic carbocycles. The largest absolute Gasteiger partial charge is 0.463 e. The summed E-state index contributed by atoms with van der Waals surface area (Å²) < 4.78 is 26.5. The minimum absolute atomic E-state index is 0.0461. The lowest BCUT2D eigenvalue weighted by Gasteiger charge is -2.44. The molecule has 5 atom stereocenters. The summed E-state index contributed by atoms with van der Waals surface area (Å²) in [5.41, 5.74) is 0.126. The van der Waals surface area contributed by atoms with Crippen LogP contribution in [0, 0.1) is 11.3 Å². The molecule has 1 rings (SSSR count). The molecular weight excluding hydrogens is 374 g/mol. The van der Waals surface area contributed by atoms with E-state index in [1.54, 1.807) is 0 Å². The third kappa shape index (κ3) is 7.00. The summed E-state index contributed by atoms with van der Waals surface area (Å²) in [4.78, 5) is 46.0. The summed E-state index contributed by atoms with van der Waals surface area (Å²) in [7, 11) is 0. The van der Waals surface area contributed by atoms with Gasteiger partial charge < -0.3 is 23.7 Å². The predicted molar refractivity (Wildman–Crippen MR) is 91.3 cm³/mol. The van der Waals surface area contributed by atoms with E-state index in [4.69, 9.17) is 28.9 Å². The fraction of sp³-hybridized carbons (Fsp3) is 0.611. The van der Waals surface area contributed by atoms with Gasteiger partial charge in [0.15, 0.2) is 18.3 Å². The molecule has 0 N–H and O–H groups in total. The molecule has 0 unspecified atom stereocenters. The minimum atomic E-state index is -1.24. The Balaban J connectivity index is 3.33. The maximum absolute atomic E-state index is 11.6. The van der Waals surface area contributed by atoms with Crippen LogP contribution in [0.4, 0.5) is 0 Å². The molecule has 10 heteroatoms. The van der Waals surface area contributed by atoms with Crippen molar-refractivity contribution in [3.8, 4) is 6.07 Å². The van der Waals surface area contributed by atoms with Gasteiger partial charge in [0.05, 0.1) is 6.07 Å². The van der Waals surface area contributed by atoms with Crippen LogP contribution in [0.5, 0.6) is 0 Å². The van der Waals surface area contributed by atoms with Gasteiger partial charge in [-0.15, -0.1) is 0 Å². The number of nitriles is 1. The van der Waals surface area contributed by atoms with Crippen molar-refractivity contribution in [1.82, 2.24) is 0 Å². The van der Waals surface area contributed by atoms with Crippen molar-refractivity contribution in [1.29, 1.82) is 5.26 Å². The topological polar surface area (TPSA) is 138 Å². The number of carbonyl (C=O) groups excluding carboxylic acids is 4. The van der Waals surface area contributed by atoms with Gasteiger partial charge in [0.2, 0.25) is 0 Å². The van der Waals surface area contributed by atoms with Crippen molar-refractivity contribution in [2.45, 2.75) is 64.6 Å². The average Bonchev–Trinajstić information content (AvgIpc) is 2.57. The van der Waals surface area contributed by atoms with Crippen LogP contribution in [-0.4, -0.2) is 61.0 Å². The molecule has 1 heterocycles. The molecule has 0 spiro atoms. The molecule has 0 aromatic heterocycles. The summed E-state index contributed by atoms with van der Waals surface area (Å²) in [6, 6.07) is 1.86. The Bertz CT molecular complexity index is 681. The maximum Gasteiger partial charge on any atom is 0.303 e. The van der Waals surface area contributed by atoms with E-state index in [0.29, 0.717) is 0 Å². The molecule has 0 amide bonds. The Hall–Kier alpha value is -2.93. The maximum atomic E-state index is 11.6. The number of nitrogens with zero attached hydrogens (tertiary/aromatic N) is 1. The van der Waals surface area contributed by atoms with Crippen molar-refractivity contribution < 1.29 is 42.9 Å². The van der Waals surface area contributed by atoms with Gasteiger partial charge in [-0.05, 0) is 0 Å². The first kappa shape index (κ1) is 23.1. The summed E-state index contributed by atoms with van der Waals surface area (Å²) in [6.45, 7) is 7.86. The lowest BCUT2D eigenvalue weighted by Crippen LogP contribution is -2.62. The Morgan fingerprint density at radius 1 is 0.857 bits per heavy atom. The second-order valence-electron chi connectivity index (χ2n) is 6.16. The highest BCUT2D eigenvalue weighted by atomic mass is 16.7. The number of carbonyl (C=O) groups is 4. The molecule has 28 heavy (non-hydrogen) atoms. The van der Waals surface area contributed by atoms with Crippen LogP contribution < -0.4 is 0 Å². The lowest BCUT2D eigenvalue weighted by atomic mass is 9.91. The summed E-state index contributed by atoms with van der Waals surface area (Å²) in [6.07, 6.45) is -5.65. The number of ether oxygens (including phenoxy) is 5. The average molecular weight is 397 g/mol. The second-order valence-corrected chi connectivity index (χ2v) is 6.16. The van der Waals surface area contributed by atoms with Crippen molar-refractivity contribution in [2.24, 2.45) is 0 Å². The Kier molecular flexibility index (Phi) is 8.60. The first-order chi connectivity index (χ1) is 13.0. The van der Waals surface area contributed by atoms with Crippen LogP contribution in [0.3, 0.4) is 0 Å². The van der Waals surface area contributed by atoms with Gasteiger partial charge in [-0.25, -0.2) is 0 Å². The molecule has 1 saturated heterocycles. The van der Waals surface area contributed by atoms with E-state index in [1.165, 1.54) is 6.92 Å². The van der Waals surface area contributed by atoms with Crippen LogP contribution in [-0.2, 0) is 42.9 Å². The van der Waals surface area contributed by atoms with Crippen LogP contribution in [0.25, 0.3) is 0 Å². The van der Waals surface area contributed by atoms with Gasteiger partial charge in [0.1, 0.15) is 18.8 Å². The molecule has 1 aliphatic heterocycles. The molecular formula is C18H23NO9. The van der Waals surface area contributed by atoms with Crippen molar-refractivity contribution in [3.63, 3.8) is 0 Å². The van der Waals surface area contributed by atoms with E-state index in [2.05, 4.69) is 6.58 Å². The fourth-order valence-corrected chi connectivity index (χ4v) is 2.77. The van der Waals surface area contributed by atoms with Crippen LogP contribution >= 0.6 is 0 Å². The van der Waals surface area contributed by atoms with Crippen molar-refractivity contribution in [2.75, 3.05) is 6.61 Å². The molecule has 0 aromatic rings. The van der Waals surface area contributed by atoms with E-state index in [1.807, 2.05) is 6.07 Å². The minimum Gasteiger partial charge on any atom is -0.463 e. The zero-order valence-electron chi connectivity index (χ0n) is 16.1. The number of esters is 4. The zero-order chi connectivity index (χ0) is 21.4. The number of hydrogen-bond acceptors (Lipinski definition) is 10. The molecule has 1 aliphatic rings. The van der Waals surface area contributed by atoms with Gasteiger partial charge in [-0.3, -0.25) is 19.2 Å². The molecule has 0 aliphatic carbocycles. The van der Waals surface area contributed by atoms with E-state index in [-0.39, 0.29) is 18.6 Å². The molecule has 0 saturated carbocycles. The lowest BCUT2D eigenvalue weighted by molar-refractivity contribution is -0.252. The van der Waals surface area contributed by atoms with Crippen molar-refractivity contribution >= 4 is 23.9 Å². The highest BCUT2D eigenvalue weighted by Crippen LogP contribution is 2.31.